The van der Waals surface area contributed by atoms with Crippen LogP contribution >= 0.6 is 23.4 Å². The first-order chi connectivity index (χ1) is 12.3. The molecular weight excluding hydrogens is 381 g/mol. The molecule has 0 saturated heterocycles. The van der Waals surface area contributed by atoms with E-state index in [1.54, 1.807) is 11.8 Å². The van der Waals surface area contributed by atoms with Crippen LogP contribution in [0, 0.1) is 5.92 Å². The van der Waals surface area contributed by atoms with Crippen molar-refractivity contribution in [1.29, 1.82) is 0 Å². The van der Waals surface area contributed by atoms with Gasteiger partial charge in [0.2, 0.25) is 0 Å². The minimum atomic E-state index is -4.33. The van der Waals surface area contributed by atoms with Gasteiger partial charge in [0, 0.05) is 16.6 Å². The molecule has 0 aromatic heterocycles. The normalized spacial score (nSPS) is 12.8. The maximum absolute atomic E-state index is 12.6. The Morgan fingerprint density at radius 2 is 1.77 bits per heavy atom. The Morgan fingerprint density at radius 1 is 1.08 bits per heavy atom. The SMILES string of the molecule is CCc1ccc(SCC(CC)COc2ccc(C(F)(F)F)cc2)c(Cl)c1. The molecule has 1 nitrogen and oxygen atoms in total. The van der Waals surface area contributed by atoms with E-state index in [0.29, 0.717) is 12.4 Å². The lowest BCUT2D eigenvalue weighted by atomic mass is 10.1. The molecule has 0 radical (unpaired) electrons. The Hall–Kier alpha value is -1.33. The Morgan fingerprint density at radius 3 is 2.31 bits per heavy atom. The molecule has 2 aromatic rings. The topological polar surface area (TPSA) is 9.23 Å². The number of ether oxygens (including phenoxy) is 1. The van der Waals surface area contributed by atoms with Gasteiger partial charge in [0.1, 0.15) is 5.75 Å². The van der Waals surface area contributed by atoms with Crippen molar-refractivity contribution in [3.8, 4) is 5.75 Å². The van der Waals surface area contributed by atoms with Crippen LogP contribution in [-0.2, 0) is 12.6 Å². The fraction of sp³-hybridized carbons (Fsp3) is 0.400. The standard InChI is InChI=1S/C20H22ClF3OS/c1-3-14-5-10-19(18(21)11-14)26-13-15(4-2)12-25-17-8-6-16(7-9-17)20(22,23)24/h5-11,15H,3-4,12-13H2,1-2H3. The van der Waals surface area contributed by atoms with Crippen LogP contribution in [0.3, 0.4) is 0 Å². The molecule has 0 saturated carbocycles. The first-order valence-corrected chi connectivity index (χ1v) is 9.91. The van der Waals surface area contributed by atoms with E-state index in [1.807, 2.05) is 12.1 Å². The summed E-state index contributed by atoms with van der Waals surface area (Å²) in [5, 5.41) is 0.757. The molecule has 6 heteroatoms. The average Bonchev–Trinajstić information content (AvgIpc) is 2.62. The molecule has 26 heavy (non-hydrogen) atoms. The van der Waals surface area contributed by atoms with Gasteiger partial charge in [0.05, 0.1) is 17.2 Å². The van der Waals surface area contributed by atoms with Crippen LogP contribution in [0.15, 0.2) is 47.4 Å². The van der Waals surface area contributed by atoms with Gasteiger partial charge in [0.25, 0.3) is 0 Å². The number of thioether (sulfide) groups is 1. The third kappa shape index (κ3) is 6.13. The fourth-order valence-electron chi connectivity index (χ4n) is 2.33. The third-order valence-electron chi connectivity index (χ3n) is 4.12. The number of benzene rings is 2. The number of alkyl halides is 3. The zero-order chi connectivity index (χ0) is 19.2. The zero-order valence-corrected chi connectivity index (χ0v) is 16.3. The molecule has 0 amide bonds. The molecule has 2 rings (SSSR count). The van der Waals surface area contributed by atoms with Gasteiger partial charge in [-0.15, -0.1) is 11.8 Å². The van der Waals surface area contributed by atoms with Crippen LogP contribution in [0.25, 0.3) is 0 Å². The minimum absolute atomic E-state index is 0.282. The maximum Gasteiger partial charge on any atom is 0.416 e. The highest BCUT2D eigenvalue weighted by Crippen LogP contribution is 2.32. The molecule has 0 spiro atoms. The summed E-state index contributed by atoms with van der Waals surface area (Å²) in [6, 6.07) is 10.9. The maximum atomic E-state index is 12.6. The molecule has 0 aliphatic heterocycles. The van der Waals surface area contributed by atoms with E-state index in [4.69, 9.17) is 16.3 Å². The second-order valence-electron chi connectivity index (χ2n) is 6.04. The predicted octanol–water partition coefficient (Wildman–Crippen LogP) is 7.12. The molecule has 0 bridgehead atoms. The lowest BCUT2D eigenvalue weighted by Crippen LogP contribution is -2.14. The summed E-state index contributed by atoms with van der Waals surface area (Å²) in [6.07, 6.45) is -2.46. The summed E-state index contributed by atoms with van der Waals surface area (Å²) in [6.45, 7) is 4.62. The first kappa shape index (κ1) is 21.0. The van der Waals surface area contributed by atoms with Crippen molar-refractivity contribution in [1.82, 2.24) is 0 Å². The van der Waals surface area contributed by atoms with E-state index in [2.05, 4.69) is 19.9 Å². The van der Waals surface area contributed by atoms with Gasteiger partial charge in [-0.1, -0.05) is 31.5 Å². The van der Waals surface area contributed by atoms with Gasteiger partial charge in [-0.2, -0.15) is 13.2 Å². The van der Waals surface area contributed by atoms with Gasteiger partial charge in [-0.25, -0.2) is 0 Å². The summed E-state index contributed by atoms with van der Waals surface area (Å²) in [4.78, 5) is 1.04. The first-order valence-electron chi connectivity index (χ1n) is 8.54. The van der Waals surface area contributed by atoms with E-state index in [9.17, 15) is 13.2 Å². The van der Waals surface area contributed by atoms with E-state index in [-0.39, 0.29) is 5.92 Å². The van der Waals surface area contributed by atoms with E-state index in [0.717, 1.165) is 40.6 Å². The average molecular weight is 403 g/mol. The highest BCUT2D eigenvalue weighted by molar-refractivity contribution is 7.99. The van der Waals surface area contributed by atoms with Gasteiger partial charge in [-0.05, 0) is 54.8 Å². The lowest BCUT2D eigenvalue weighted by molar-refractivity contribution is -0.137. The molecule has 0 aliphatic carbocycles. The van der Waals surface area contributed by atoms with E-state index < -0.39 is 11.7 Å². The minimum Gasteiger partial charge on any atom is -0.493 e. The van der Waals surface area contributed by atoms with Gasteiger partial charge in [0.15, 0.2) is 0 Å². The van der Waals surface area contributed by atoms with Crippen molar-refractivity contribution in [3.05, 3.63) is 58.6 Å². The molecule has 0 heterocycles. The summed E-state index contributed by atoms with van der Waals surface area (Å²) in [5.41, 5.74) is 0.537. The number of aryl methyl sites for hydroxylation is 1. The smallest absolute Gasteiger partial charge is 0.416 e. The largest absolute Gasteiger partial charge is 0.493 e. The number of hydrogen-bond acceptors (Lipinski definition) is 2. The molecule has 1 atom stereocenters. The molecule has 2 aromatic carbocycles. The van der Waals surface area contributed by atoms with Crippen LogP contribution in [0.1, 0.15) is 31.4 Å². The zero-order valence-electron chi connectivity index (χ0n) is 14.8. The van der Waals surface area contributed by atoms with E-state index >= 15 is 0 Å². The van der Waals surface area contributed by atoms with Crippen molar-refractivity contribution in [2.24, 2.45) is 5.92 Å². The summed E-state index contributed by atoms with van der Waals surface area (Å²) in [7, 11) is 0. The van der Waals surface area contributed by atoms with E-state index in [1.165, 1.54) is 17.7 Å². The van der Waals surface area contributed by atoms with Crippen LogP contribution in [0.2, 0.25) is 5.02 Å². The van der Waals surface area contributed by atoms with Crippen molar-refractivity contribution < 1.29 is 17.9 Å². The highest BCUT2D eigenvalue weighted by atomic mass is 35.5. The number of rotatable bonds is 8. The molecule has 0 aliphatic rings. The summed E-state index contributed by atoms with van der Waals surface area (Å²) < 4.78 is 43.4. The fourth-order valence-corrected chi connectivity index (χ4v) is 3.80. The lowest BCUT2D eigenvalue weighted by Gasteiger charge is -2.16. The third-order valence-corrected chi connectivity index (χ3v) is 5.85. The molecular formula is C20H22ClF3OS. The van der Waals surface area contributed by atoms with Gasteiger partial charge < -0.3 is 4.74 Å². The van der Waals surface area contributed by atoms with Crippen molar-refractivity contribution in [2.75, 3.05) is 12.4 Å². The van der Waals surface area contributed by atoms with Crippen LogP contribution in [0.4, 0.5) is 13.2 Å². The van der Waals surface area contributed by atoms with Crippen molar-refractivity contribution >= 4 is 23.4 Å². The second kappa shape index (κ2) is 9.56. The Balaban J connectivity index is 1.87. The highest BCUT2D eigenvalue weighted by Gasteiger charge is 2.30. The Bertz CT molecular complexity index is 701. The van der Waals surface area contributed by atoms with Crippen LogP contribution in [0.5, 0.6) is 5.75 Å². The van der Waals surface area contributed by atoms with Crippen LogP contribution < -0.4 is 4.74 Å². The van der Waals surface area contributed by atoms with Crippen molar-refractivity contribution in [2.45, 2.75) is 37.8 Å². The summed E-state index contributed by atoms with van der Waals surface area (Å²) >= 11 is 7.99. The number of hydrogen-bond donors (Lipinski definition) is 0. The van der Waals surface area contributed by atoms with Crippen LogP contribution in [-0.4, -0.2) is 12.4 Å². The second-order valence-corrected chi connectivity index (χ2v) is 7.51. The Kier molecular flexibility index (Phi) is 7.71. The van der Waals surface area contributed by atoms with Crippen molar-refractivity contribution in [3.63, 3.8) is 0 Å². The molecule has 0 N–H and O–H groups in total. The summed E-state index contributed by atoms with van der Waals surface area (Å²) in [5.74, 6) is 1.57. The quantitative estimate of drug-likeness (QED) is 0.435. The van der Waals surface area contributed by atoms with Gasteiger partial charge >= 0.3 is 6.18 Å². The van der Waals surface area contributed by atoms with Gasteiger partial charge in [-0.3, -0.25) is 0 Å². The predicted molar refractivity (Wildman–Crippen MR) is 102 cm³/mol. The molecule has 142 valence electrons. The monoisotopic (exact) mass is 402 g/mol. The molecule has 0 fully saturated rings. The molecule has 1 unspecified atom stereocenters. The Labute approximate surface area is 161 Å². The number of halogens is 4.